The Bertz CT molecular complexity index is 644. The van der Waals surface area contributed by atoms with Crippen molar-refractivity contribution in [2.75, 3.05) is 16.8 Å². The summed E-state index contributed by atoms with van der Waals surface area (Å²) in [5.41, 5.74) is 0. The molecule has 6 nitrogen and oxygen atoms in total. The molecule has 1 amide bonds. The highest BCUT2D eigenvalue weighted by Gasteiger charge is 2.30. The highest BCUT2D eigenvalue weighted by Crippen LogP contribution is 2.26. The lowest BCUT2D eigenvalue weighted by atomic mass is 10.3. The molecule has 0 bridgehead atoms. The van der Waals surface area contributed by atoms with Crippen molar-refractivity contribution < 1.29 is 13.2 Å². The van der Waals surface area contributed by atoms with Gasteiger partial charge >= 0.3 is 0 Å². The molecule has 2 rings (SSSR count). The number of carbonyl (C=O) groups excluding carboxylic acids is 1. The third-order valence-corrected chi connectivity index (χ3v) is 4.78. The Labute approximate surface area is 118 Å². The van der Waals surface area contributed by atoms with Gasteiger partial charge < -0.3 is 5.32 Å². The number of anilines is 1. The van der Waals surface area contributed by atoms with Crippen LogP contribution in [0.25, 0.3) is 0 Å². The third-order valence-electron chi connectivity index (χ3n) is 3.03. The normalized spacial score (nSPS) is 21.8. The molecule has 20 heavy (non-hydrogen) atoms. The quantitative estimate of drug-likeness (QED) is 0.671. The molecule has 1 atom stereocenters. The monoisotopic (exact) mass is 295 g/mol. The molecule has 1 N–H and O–H groups in total. The molecule has 1 aliphatic heterocycles. The predicted molar refractivity (Wildman–Crippen MR) is 77.1 cm³/mol. The first-order valence-electron chi connectivity index (χ1n) is 6.36. The molecule has 7 heteroatoms. The van der Waals surface area contributed by atoms with Crippen LogP contribution in [-0.4, -0.2) is 35.6 Å². The molecule has 2 heterocycles. The topological polar surface area (TPSA) is 81.1 Å². The molecule has 0 radical (unpaired) electrons. The average molecular weight is 295 g/mol. The van der Waals surface area contributed by atoms with Gasteiger partial charge in [-0.2, -0.15) is 5.10 Å². The second kappa shape index (κ2) is 6.04. The van der Waals surface area contributed by atoms with E-state index in [-0.39, 0.29) is 23.5 Å². The number of sulfone groups is 1. The number of hydrogen-bond acceptors (Lipinski definition) is 4. The number of nitrogens with one attached hydrogen (secondary N) is 1. The number of amides is 1. The highest BCUT2D eigenvalue weighted by molar-refractivity contribution is 7.91. The largest absolute Gasteiger partial charge is 0.307 e. The summed E-state index contributed by atoms with van der Waals surface area (Å²) in [4.78, 5) is 11.7. The van der Waals surface area contributed by atoms with E-state index in [9.17, 15) is 13.2 Å². The Morgan fingerprint density at radius 1 is 1.50 bits per heavy atom. The summed E-state index contributed by atoms with van der Waals surface area (Å²) in [6.45, 7) is 1.86. The maximum atomic E-state index is 11.7. The van der Waals surface area contributed by atoms with Crippen molar-refractivity contribution in [1.29, 1.82) is 0 Å². The van der Waals surface area contributed by atoms with Gasteiger partial charge in [0.05, 0.1) is 23.7 Å². The molecular weight excluding hydrogens is 278 g/mol. The van der Waals surface area contributed by atoms with E-state index in [1.165, 1.54) is 6.08 Å². The van der Waals surface area contributed by atoms with E-state index in [1.807, 2.05) is 13.0 Å². The molecule has 1 saturated heterocycles. The van der Waals surface area contributed by atoms with E-state index in [0.29, 0.717) is 12.2 Å². The predicted octanol–water partition coefficient (Wildman–Crippen LogP) is 1.31. The smallest absolute Gasteiger partial charge is 0.249 e. The molecular formula is C13H17N3O3S. The zero-order valence-electron chi connectivity index (χ0n) is 11.2. The molecule has 1 aromatic rings. The molecule has 1 aromatic heterocycles. The van der Waals surface area contributed by atoms with E-state index in [0.717, 1.165) is 0 Å². The molecule has 1 aliphatic rings. The number of allylic oxidation sites excluding steroid dienone is 3. The van der Waals surface area contributed by atoms with Crippen LogP contribution in [0, 0.1) is 0 Å². The molecule has 0 spiro atoms. The second-order valence-electron chi connectivity index (χ2n) is 4.59. The van der Waals surface area contributed by atoms with Crippen molar-refractivity contribution in [3.63, 3.8) is 0 Å². The van der Waals surface area contributed by atoms with Crippen LogP contribution < -0.4 is 5.32 Å². The average Bonchev–Trinajstić information content (AvgIpc) is 2.96. The SMILES string of the molecule is C/C=C/C=C/C(=O)Nc1ccnn1C1CCS(=O)(=O)C1. The number of rotatable bonds is 4. The first-order valence-corrected chi connectivity index (χ1v) is 8.18. The van der Waals surface area contributed by atoms with E-state index in [2.05, 4.69) is 10.4 Å². The van der Waals surface area contributed by atoms with E-state index in [1.54, 1.807) is 29.1 Å². The summed E-state index contributed by atoms with van der Waals surface area (Å²) in [5, 5.41) is 6.81. The third kappa shape index (κ3) is 3.57. The lowest BCUT2D eigenvalue weighted by Gasteiger charge is -2.12. The van der Waals surface area contributed by atoms with Gasteiger partial charge in [-0.3, -0.25) is 4.79 Å². The number of nitrogens with zero attached hydrogens (tertiary/aromatic N) is 2. The van der Waals surface area contributed by atoms with Gasteiger partial charge in [0.1, 0.15) is 5.82 Å². The first kappa shape index (κ1) is 14.5. The summed E-state index contributed by atoms with van der Waals surface area (Å²) in [6, 6.07) is 1.46. The summed E-state index contributed by atoms with van der Waals surface area (Å²) in [5.74, 6) is 0.492. The van der Waals surface area contributed by atoms with Gasteiger partial charge in [-0.05, 0) is 13.3 Å². The van der Waals surface area contributed by atoms with Gasteiger partial charge in [-0.15, -0.1) is 0 Å². The van der Waals surface area contributed by atoms with Gasteiger partial charge in [0.2, 0.25) is 5.91 Å². The highest BCUT2D eigenvalue weighted by atomic mass is 32.2. The maximum absolute atomic E-state index is 11.7. The fraction of sp³-hybridized carbons (Fsp3) is 0.385. The number of hydrogen-bond donors (Lipinski definition) is 1. The van der Waals surface area contributed by atoms with Gasteiger partial charge in [-0.1, -0.05) is 18.2 Å². The fourth-order valence-corrected chi connectivity index (χ4v) is 3.79. The Kier molecular flexibility index (Phi) is 4.39. The molecule has 0 aliphatic carbocycles. The van der Waals surface area contributed by atoms with Crippen LogP contribution in [0.4, 0.5) is 5.82 Å². The molecule has 1 unspecified atom stereocenters. The maximum Gasteiger partial charge on any atom is 0.249 e. The van der Waals surface area contributed by atoms with Gasteiger partial charge in [-0.25, -0.2) is 13.1 Å². The minimum Gasteiger partial charge on any atom is -0.307 e. The van der Waals surface area contributed by atoms with Crippen molar-refractivity contribution >= 4 is 21.6 Å². The van der Waals surface area contributed by atoms with Crippen LogP contribution in [0.2, 0.25) is 0 Å². The van der Waals surface area contributed by atoms with Crippen LogP contribution in [0.1, 0.15) is 19.4 Å². The van der Waals surface area contributed by atoms with Gasteiger partial charge in [0, 0.05) is 12.1 Å². The van der Waals surface area contributed by atoms with Crippen LogP contribution >= 0.6 is 0 Å². The Balaban J connectivity index is 2.08. The van der Waals surface area contributed by atoms with Crippen LogP contribution in [0.3, 0.4) is 0 Å². The van der Waals surface area contributed by atoms with E-state index >= 15 is 0 Å². The summed E-state index contributed by atoms with van der Waals surface area (Å²) in [6.07, 6.45) is 8.69. The van der Waals surface area contributed by atoms with Crippen LogP contribution in [0.5, 0.6) is 0 Å². The summed E-state index contributed by atoms with van der Waals surface area (Å²) in [7, 11) is -2.98. The van der Waals surface area contributed by atoms with Crippen molar-refractivity contribution in [2.24, 2.45) is 0 Å². The van der Waals surface area contributed by atoms with Gasteiger partial charge in [0.25, 0.3) is 0 Å². The Hall–Kier alpha value is -1.89. The van der Waals surface area contributed by atoms with Crippen molar-refractivity contribution in [3.05, 3.63) is 36.6 Å². The van der Waals surface area contributed by atoms with Crippen molar-refractivity contribution in [1.82, 2.24) is 9.78 Å². The molecule has 108 valence electrons. The minimum atomic E-state index is -2.98. The standard InChI is InChI=1S/C13H17N3O3S/c1-2-3-4-5-13(17)15-12-6-8-14-16(12)11-7-9-20(18,19)10-11/h2-6,8,11H,7,9-10H2,1H3,(H,15,17)/b3-2+,5-4+. The zero-order chi connectivity index (χ0) is 14.6. The van der Waals surface area contributed by atoms with Crippen LogP contribution in [0.15, 0.2) is 36.6 Å². The minimum absolute atomic E-state index is 0.0754. The molecule has 0 saturated carbocycles. The number of aromatic nitrogens is 2. The molecule has 0 aromatic carbocycles. The van der Waals surface area contributed by atoms with Gasteiger partial charge in [0.15, 0.2) is 9.84 Å². The lowest BCUT2D eigenvalue weighted by Crippen LogP contribution is -2.18. The lowest BCUT2D eigenvalue weighted by molar-refractivity contribution is -0.111. The van der Waals surface area contributed by atoms with E-state index < -0.39 is 9.84 Å². The van der Waals surface area contributed by atoms with Crippen molar-refractivity contribution in [3.8, 4) is 0 Å². The van der Waals surface area contributed by atoms with E-state index in [4.69, 9.17) is 0 Å². The van der Waals surface area contributed by atoms with Crippen LogP contribution in [-0.2, 0) is 14.6 Å². The Morgan fingerprint density at radius 3 is 2.95 bits per heavy atom. The molecule has 1 fully saturated rings. The second-order valence-corrected chi connectivity index (χ2v) is 6.82. The Morgan fingerprint density at radius 2 is 2.30 bits per heavy atom. The zero-order valence-corrected chi connectivity index (χ0v) is 12.0. The number of carbonyl (C=O) groups is 1. The summed E-state index contributed by atoms with van der Waals surface area (Å²) >= 11 is 0. The fourth-order valence-electron chi connectivity index (χ4n) is 2.09. The first-order chi connectivity index (χ1) is 9.52. The van der Waals surface area contributed by atoms with Crippen molar-refractivity contribution in [2.45, 2.75) is 19.4 Å². The summed E-state index contributed by atoms with van der Waals surface area (Å²) < 4.78 is 24.6.